The van der Waals surface area contributed by atoms with E-state index in [-0.39, 0.29) is 0 Å². The highest BCUT2D eigenvalue weighted by Gasteiger charge is 2.26. The lowest BCUT2D eigenvalue weighted by Crippen LogP contribution is -2.31. The molecule has 72 valence electrons. The second kappa shape index (κ2) is 2.50. The van der Waals surface area contributed by atoms with Gasteiger partial charge < -0.3 is 9.13 Å². The Morgan fingerprint density at radius 3 is 2.85 bits per heavy atom. The van der Waals surface area contributed by atoms with E-state index in [0.717, 1.165) is 13.0 Å². The molecule has 2 heterocycles. The number of imidazole rings is 1. The van der Waals surface area contributed by atoms with Gasteiger partial charge in [-0.05, 0) is 18.3 Å². The van der Waals surface area contributed by atoms with Crippen molar-refractivity contribution in [3.05, 3.63) is 17.5 Å². The third kappa shape index (κ3) is 1.32. The molecular formula is C10H17N3. The van der Waals surface area contributed by atoms with Crippen LogP contribution in [-0.2, 0) is 20.0 Å². The molecule has 0 aliphatic carbocycles. The average molecular weight is 179 g/mol. The molecule has 0 fully saturated rings. The van der Waals surface area contributed by atoms with Crippen LogP contribution in [0.15, 0.2) is 6.20 Å². The van der Waals surface area contributed by atoms with Crippen molar-refractivity contribution >= 4 is 0 Å². The van der Waals surface area contributed by atoms with Gasteiger partial charge in [0.2, 0.25) is 5.62 Å². The highest BCUT2D eigenvalue weighted by Crippen LogP contribution is 2.30. The Kier molecular flexibility index (Phi) is 1.65. The van der Waals surface area contributed by atoms with Crippen LogP contribution in [0.1, 0.15) is 26.0 Å². The SMILES string of the molecule is Cn1cc2n(c1=N)CCC(C)(C)C2. The van der Waals surface area contributed by atoms with Crippen molar-refractivity contribution in [2.75, 3.05) is 0 Å². The fourth-order valence-corrected chi connectivity index (χ4v) is 2.06. The number of nitrogens with one attached hydrogen (secondary N) is 1. The summed E-state index contributed by atoms with van der Waals surface area (Å²) in [5.74, 6) is 0. The zero-order valence-electron chi connectivity index (χ0n) is 8.59. The highest BCUT2D eigenvalue weighted by molar-refractivity contribution is 5.05. The van der Waals surface area contributed by atoms with Crippen molar-refractivity contribution in [1.82, 2.24) is 9.13 Å². The summed E-state index contributed by atoms with van der Waals surface area (Å²) in [4.78, 5) is 0. The van der Waals surface area contributed by atoms with Crippen LogP contribution < -0.4 is 5.62 Å². The number of hydrogen-bond donors (Lipinski definition) is 1. The second-order valence-corrected chi connectivity index (χ2v) is 4.80. The fraction of sp³-hybridized carbons (Fsp3) is 0.700. The first kappa shape index (κ1) is 8.60. The van der Waals surface area contributed by atoms with Gasteiger partial charge in [-0.3, -0.25) is 5.41 Å². The van der Waals surface area contributed by atoms with Crippen LogP contribution >= 0.6 is 0 Å². The minimum atomic E-state index is 0.411. The molecule has 13 heavy (non-hydrogen) atoms. The van der Waals surface area contributed by atoms with Gasteiger partial charge in [-0.1, -0.05) is 13.8 Å². The predicted octanol–water partition coefficient (Wildman–Crippen LogP) is 1.28. The number of hydrogen-bond acceptors (Lipinski definition) is 1. The zero-order valence-corrected chi connectivity index (χ0v) is 8.59. The summed E-state index contributed by atoms with van der Waals surface area (Å²) in [6.45, 7) is 5.60. The molecule has 0 spiro atoms. The lowest BCUT2D eigenvalue weighted by molar-refractivity contribution is 0.267. The summed E-state index contributed by atoms with van der Waals surface area (Å²) >= 11 is 0. The first-order valence-electron chi connectivity index (χ1n) is 4.79. The molecule has 1 aliphatic rings. The molecule has 3 heteroatoms. The Morgan fingerprint density at radius 1 is 1.46 bits per heavy atom. The van der Waals surface area contributed by atoms with Crippen LogP contribution in [0.25, 0.3) is 0 Å². The summed E-state index contributed by atoms with van der Waals surface area (Å²) in [6, 6.07) is 0. The molecule has 0 saturated heterocycles. The Labute approximate surface area is 78.5 Å². The first-order chi connectivity index (χ1) is 5.99. The van der Waals surface area contributed by atoms with Crippen LogP contribution in [0.5, 0.6) is 0 Å². The van der Waals surface area contributed by atoms with Crippen LogP contribution in [-0.4, -0.2) is 9.13 Å². The maximum Gasteiger partial charge on any atom is 0.201 e. The van der Waals surface area contributed by atoms with Crippen molar-refractivity contribution in [3.8, 4) is 0 Å². The van der Waals surface area contributed by atoms with Crippen molar-refractivity contribution in [1.29, 1.82) is 5.41 Å². The summed E-state index contributed by atoms with van der Waals surface area (Å²) in [5.41, 5.74) is 2.35. The lowest BCUT2D eigenvalue weighted by Gasteiger charge is -2.30. The average Bonchev–Trinajstić information content (AvgIpc) is 2.25. The molecule has 0 atom stereocenters. The summed E-state index contributed by atoms with van der Waals surface area (Å²) in [7, 11) is 1.95. The van der Waals surface area contributed by atoms with E-state index in [1.807, 2.05) is 11.6 Å². The smallest absolute Gasteiger partial charge is 0.201 e. The Bertz CT molecular complexity index is 381. The van der Waals surface area contributed by atoms with Crippen molar-refractivity contribution in [2.45, 2.75) is 33.2 Å². The molecule has 1 aromatic rings. The molecule has 2 rings (SSSR count). The van der Waals surface area contributed by atoms with E-state index in [1.54, 1.807) is 0 Å². The zero-order chi connectivity index (χ0) is 9.64. The highest BCUT2D eigenvalue weighted by atomic mass is 15.2. The van der Waals surface area contributed by atoms with E-state index in [9.17, 15) is 0 Å². The first-order valence-corrected chi connectivity index (χ1v) is 4.79. The maximum absolute atomic E-state index is 7.81. The van der Waals surface area contributed by atoms with Gasteiger partial charge in [0, 0.05) is 25.5 Å². The largest absolute Gasteiger partial charge is 0.320 e. The minimum Gasteiger partial charge on any atom is -0.320 e. The normalized spacial score (nSPS) is 19.9. The molecule has 0 amide bonds. The van der Waals surface area contributed by atoms with Crippen molar-refractivity contribution in [3.63, 3.8) is 0 Å². The second-order valence-electron chi connectivity index (χ2n) is 4.80. The molecule has 0 radical (unpaired) electrons. The number of aryl methyl sites for hydroxylation is 1. The summed E-state index contributed by atoms with van der Waals surface area (Å²) in [6.07, 6.45) is 4.36. The Morgan fingerprint density at radius 2 is 2.15 bits per heavy atom. The molecule has 0 unspecified atom stereocenters. The third-order valence-corrected chi connectivity index (χ3v) is 2.95. The lowest BCUT2D eigenvalue weighted by atomic mass is 9.82. The molecule has 0 aromatic carbocycles. The topological polar surface area (TPSA) is 33.7 Å². The number of nitrogens with zero attached hydrogens (tertiary/aromatic N) is 2. The Hall–Kier alpha value is -0.990. The Balaban J connectivity index is 2.48. The molecule has 0 saturated carbocycles. The fourth-order valence-electron chi connectivity index (χ4n) is 2.06. The third-order valence-electron chi connectivity index (χ3n) is 2.95. The van der Waals surface area contributed by atoms with Crippen LogP contribution in [0.3, 0.4) is 0 Å². The van der Waals surface area contributed by atoms with E-state index >= 15 is 0 Å². The molecule has 1 N–H and O–H groups in total. The van der Waals surface area contributed by atoms with Crippen molar-refractivity contribution < 1.29 is 0 Å². The van der Waals surface area contributed by atoms with Gasteiger partial charge in [0.05, 0.1) is 0 Å². The van der Waals surface area contributed by atoms with Crippen molar-refractivity contribution in [2.24, 2.45) is 12.5 Å². The molecular weight excluding hydrogens is 162 g/mol. The van der Waals surface area contributed by atoms with Gasteiger partial charge >= 0.3 is 0 Å². The van der Waals surface area contributed by atoms with Crippen LogP contribution in [0.2, 0.25) is 0 Å². The number of aromatic nitrogens is 2. The van der Waals surface area contributed by atoms with E-state index in [1.165, 1.54) is 12.1 Å². The predicted molar refractivity (Wildman–Crippen MR) is 51.4 cm³/mol. The van der Waals surface area contributed by atoms with Gasteiger partial charge in [-0.2, -0.15) is 0 Å². The van der Waals surface area contributed by atoms with Gasteiger partial charge in [0.1, 0.15) is 0 Å². The number of fused-ring (bicyclic) bond motifs is 1. The summed E-state index contributed by atoms with van der Waals surface area (Å²) < 4.78 is 4.02. The minimum absolute atomic E-state index is 0.411. The van der Waals surface area contributed by atoms with Gasteiger partial charge in [-0.25, -0.2) is 0 Å². The molecule has 0 bridgehead atoms. The molecule has 1 aromatic heterocycles. The van der Waals surface area contributed by atoms with Crippen LogP contribution in [0, 0.1) is 10.8 Å². The maximum atomic E-state index is 7.81. The van der Waals surface area contributed by atoms with E-state index in [4.69, 9.17) is 5.41 Å². The molecule has 1 aliphatic heterocycles. The molecule has 3 nitrogen and oxygen atoms in total. The number of rotatable bonds is 0. The van der Waals surface area contributed by atoms with E-state index in [2.05, 4.69) is 24.6 Å². The quantitative estimate of drug-likeness (QED) is 0.622. The van der Waals surface area contributed by atoms with E-state index < -0.39 is 0 Å². The van der Waals surface area contributed by atoms with Gasteiger partial charge in [0.25, 0.3) is 0 Å². The monoisotopic (exact) mass is 179 g/mol. The van der Waals surface area contributed by atoms with Gasteiger partial charge in [0.15, 0.2) is 0 Å². The van der Waals surface area contributed by atoms with Gasteiger partial charge in [-0.15, -0.1) is 0 Å². The standard InChI is InChI=1S/C10H17N3/c1-10(2)4-5-13-8(6-10)7-12(3)9(13)11/h7,11H,4-6H2,1-3H3. The van der Waals surface area contributed by atoms with E-state index in [0.29, 0.717) is 11.0 Å². The summed E-state index contributed by atoms with van der Waals surface area (Å²) in [5, 5.41) is 7.81. The van der Waals surface area contributed by atoms with Crippen LogP contribution in [0.4, 0.5) is 0 Å².